The van der Waals surface area contributed by atoms with Gasteiger partial charge in [-0.05, 0) is 37.6 Å². The third kappa shape index (κ3) is 2.76. The fourth-order valence-corrected chi connectivity index (χ4v) is 1.73. The molecule has 2 N–H and O–H groups in total. The normalized spacial score (nSPS) is 19.7. The van der Waals surface area contributed by atoms with Gasteiger partial charge in [-0.2, -0.15) is 0 Å². The van der Waals surface area contributed by atoms with E-state index < -0.39 is 5.82 Å². The summed E-state index contributed by atoms with van der Waals surface area (Å²) >= 11 is 0. The molecule has 0 spiro atoms. The second-order valence-corrected chi connectivity index (χ2v) is 3.93. The number of carbonyl (C=O) groups is 1. The summed E-state index contributed by atoms with van der Waals surface area (Å²) < 4.78 is 12.6. The molecule has 1 unspecified atom stereocenters. The Labute approximate surface area is 93.3 Å². The molecule has 5 heteroatoms. The van der Waals surface area contributed by atoms with Gasteiger partial charge in [0.05, 0.1) is 6.20 Å². The molecular formula is C11H14FN3O. The summed E-state index contributed by atoms with van der Waals surface area (Å²) in [4.78, 5) is 15.3. The number of hydrogen-bond donors (Lipinski definition) is 2. The highest BCUT2D eigenvalue weighted by Crippen LogP contribution is 2.05. The molecule has 1 saturated heterocycles. The molecule has 2 heterocycles. The molecule has 1 fully saturated rings. The van der Waals surface area contributed by atoms with Crippen LogP contribution >= 0.6 is 0 Å². The van der Waals surface area contributed by atoms with E-state index in [-0.39, 0.29) is 11.6 Å². The molecule has 0 aromatic carbocycles. The predicted molar refractivity (Wildman–Crippen MR) is 57.5 cm³/mol. The second kappa shape index (κ2) is 5.03. The van der Waals surface area contributed by atoms with Crippen molar-refractivity contribution < 1.29 is 9.18 Å². The molecule has 0 aliphatic carbocycles. The van der Waals surface area contributed by atoms with Gasteiger partial charge in [0.1, 0.15) is 11.5 Å². The molecule has 16 heavy (non-hydrogen) atoms. The fourth-order valence-electron chi connectivity index (χ4n) is 1.73. The number of nitrogens with zero attached hydrogens (tertiary/aromatic N) is 1. The van der Waals surface area contributed by atoms with Gasteiger partial charge < -0.3 is 10.6 Å². The third-order valence-corrected chi connectivity index (χ3v) is 2.67. The van der Waals surface area contributed by atoms with Crippen molar-refractivity contribution >= 4 is 5.91 Å². The minimum absolute atomic E-state index is 0.244. The van der Waals surface area contributed by atoms with Gasteiger partial charge in [-0.25, -0.2) is 9.37 Å². The van der Waals surface area contributed by atoms with E-state index in [1.807, 2.05) is 0 Å². The lowest BCUT2D eigenvalue weighted by Gasteiger charge is -2.09. The van der Waals surface area contributed by atoms with E-state index in [1.165, 1.54) is 12.1 Å². The highest BCUT2D eigenvalue weighted by atomic mass is 19.1. The van der Waals surface area contributed by atoms with Crippen LogP contribution in [0.25, 0.3) is 0 Å². The smallest absolute Gasteiger partial charge is 0.269 e. The molecule has 4 nitrogen and oxygen atoms in total. The summed E-state index contributed by atoms with van der Waals surface area (Å²) in [6, 6.07) is 2.62. The molecular weight excluding hydrogens is 209 g/mol. The number of amides is 1. The van der Waals surface area contributed by atoms with Gasteiger partial charge in [0, 0.05) is 6.54 Å². The van der Waals surface area contributed by atoms with Gasteiger partial charge in [0.25, 0.3) is 5.91 Å². The summed E-state index contributed by atoms with van der Waals surface area (Å²) in [7, 11) is 0. The van der Waals surface area contributed by atoms with E-state index in [1.54, 1.807) is 0 Å². The summed E-state index contributed by atoms with van der Waals surface area (Å²) in [6.07, 6.45) is 2.13. The van der Waals surface area contributed by atoms with Crippen LogP contribution in [0, 0.1) is 11.7 Å². The molecule has 0 radical (unpaired) electrons. The van der Waals surface area contributed by atoms with Crippen LogP contribution in [0.3, 0.4) is 0 Å². The van der Waals surface area contributed by atoms with Gasteiger partial charge in [0.2, 0.25) is 0 Å². The first-order chi connectivity index (χ1) is 7.75. The standard InChI is InChI=1S/C11H14FN3O/c12-9-1-2-10(14-7-9)11(16)15-6-8-3-4-13-5-8/h1-2,7-8,13H,3-6H2,(H,15,16). The Kier molecular flexibility index (Phi) is 3.46. The predicted octanol–water partition coefficient (Wildman–Crippen LogP) is 0.560. The Balaban J connectivity index is 1.85. The largest absolute Gasteiger partial charge is 0.350 e. The Hall–Kier alpha value is -1.49. The van der Waals surface area contributed by atoms with Crippen molar-refractivity contribution in [3.8, 4) is 0 Å². The van der Waals surface area contributed by atoms with E-state index in [0.29, 0.717) is 12.5 Å². The second-order valence-electron chi connectivity index (χ2n) is 3.93. The van der Waals surface area contributed by atoms with Gasteiger partial charge in [0.15, 0.2) is 0 Å². The number of rotatable bonds is 3. The van der Waals surface area contributed by atoms with Crippen molar-refractivity contribution in [1.82, 2.24) is 15.6 Å². The zero-order chi connectivity index (χ0) is 11.4. The maximum absolute atomic E-state index is 12.6. The van der Waals surface area contributed by atoms with Crippen molar-refractivity contribution in [3.05, 3.63) is 29.8 Å². The summed E-state index contributed by atoms with van der Waals surface area (Å²) in [5, 5.41) is 6.02. The van der Waals surface area contributed by atoms with Gasteiger partial charge in [-0.15, -0.1) is 0 Å². The van der Waals surface area contributed by atoms with E-state index in [9.17, 15) is 9.18 Å². The topological polar surface area (TPSA) is 54.0 Å². The van der Waals surface area contributed by atoms with Gasteiger partial charge >= 0.3 is 0 Å². The Morgan fingerprint density at radius 3 is 3.12 bits per heavy atom. The Bertz CT molecular complexity index is 360. The number of aromatic nitrogens is 1. The molecule has 2 rings (SSSR count). The molecule has 86 valence electrons. The molecule has 0 bridgehead atoms. The van der Waals surface area contributed by atoms with Crippen LogP contribution in [0.2, 0.25) is 0 Å². The lowest BCUT2D eigenvalue weighted by Crippen LogP contribution is -2.30. The SMILES string of the molecule is O=C(NCC1CCNC1)c1ccc(F)cn1. The van der Waals surface area contributed by atoms with Crippen molar-refractivity contribution in [3.63, 3.8) is 0 Å². The molecule has 1 amide bonds. The van der Waals surface area contributed by atoms with Crippen LogP contribution < -0.4 is 10.6 Å². The van der Waals surface area contributed by atoms with E-state index >= 15 is 0 Å². The van der Waals surface area contributed by atoms with Crippen LogP contribution in [-0.2, 0) is 0 Å². The summed E-state index contributed by atoms with van der Waals surface area (Å²) in [5.74, 6) is -0.187. The maximum atomic E-state index is 12.6. The maximum Gasteiger partial charge on any atom is 0.269 e. The van der Waals surface area contributed by atoms with Crippen LogP contribution in [0.5, 0.6) is 0 Å². The lowest BCUT2D eigenvalue weighted by atomic mass is 10.1. The molecule has 1 atom stereocenters. The van der Waals surface area contributed by atoms with Crippen LogP contribution in [0.15, 0.2) is 18.3 Å². The monoisotopic (exact) mass is 223 g/mol. The number of hydrogen-bond acceptors (Lipinski definition) is 3. The molecule has 1 aromatic heterocycles. The average Bonchev–Trinajstić information content (AvgIpc) is 2.80. The first kappa shape index (κ1) is 11.0. The fraction of sp³-hybridized carbons (Fsp3) is 0.455. The highest BCUT2D eigenvalue weighted by Gasteiger charge is 2.15. The van der Waals surface area contributed by atoms with Crippen molar-refractivity contribution in [2.24, 2.45) is 5.92 Å². The third-order valence-electron chi connectivity index (χ3n) is 2.67. The van der Waals surface area contributed by atoms with E-state index in [2.05, 4.69) is 15.6 Å². The first-order valence-corrected chi connectivity index (χ1v) is 5.36. The van der Waals surface area contributed by atoms with E-state index in [4.69, 9.17) is 0 Å². The average molecular weight is 223 g/mol. The number of halogens is 1. The highest BCUT2D eigenvalue weighted by molar-refractivity contribution is 5.92. The van der Waals surface area contributed by atoms with Crippen LogP contribution in [-0.4, -0.2) is 30.5 Å². The quantitative estimate of drug-likeness (QED) is 0.787. The van der Waals surface area contributed by atoms with Crippen molar-refractivity contribution in [2.45, 2.75) is 6.42 Å². The van der Waals surface area contributed by atoms with Crippen molar-refractivity contribution in [1.29, 1.82) is 0 Å². The van der Waals surface area contributed by atoms with Crippen LogP contribution in [0.1, 0.15) is 16.9 Å². The summed E-state index contributed by atoms with van der Waals surface area (Å²) in [5.41, 5.74) is 0.257. The van der Waals surface area contributed by atoms with Gasteiger partial charge in [-0.3, -0.25) is 4.79 Å². The Morgan fingerprint density at radius 2 is 2.50 bits per heavy atom. The van der Waals surface area contributed by atoms with E-state index in [0.717, 1.165) is 25.7 Å². The zero-order valence-corrected chi connectivity index (χ0v) is 8.87. The lowest BCUT2D eigenvalue weighted by molar-refractivity contribution is 0.0943. The van der Waals surface area contributed by atoms with Crippen molar-refractivity contribution in [2.75, 3.05) is 19.6 Å². The first-order valence-electron chi connectivity index (χ1n) is 5.36. The molecule has 1 aliphatic heterocycles. The number of nitrogens with one attached hydrogen (secondary N) is 2. The molecule has 1 aliphatic rings. The van der Waals surface area contributed by atoms with Gasteiger partial charge in [-0.1, -0.05) is 0 Å². The number of carbonyl (C=O) groups excluding carboxylic acids is 1. The molecule has 0 saturated carbocycles. The minimum Gasteiger partial charge on any atom is -0.350 e. The molecule has 1 aromatic rings. The number of pyridine rings is 1. The summed E-state index contributed by atoms with van der Waals surface area (Å²) in [6.45, 7) is 2.59. The minimum atomic E-state index is -0.434. The zero-order valence-electron chi connectivity index (χ0n) is 8.87. The Morgan fingerprint density at radius 1 is 1.62 bits per heavy atom. The van der Waals surface area contributed by atoms with Crippen LogP contribution in [0.4, 0.5) is 4.39 Å².